The summed E-state index contributed by atoms with van der Waals surface area (Å²) in [5, 5.41) is 6.92. The summed E-state index contributed by atoms with van der Waals surface area (Å²) < 4.78 is 0. The van der Waals surface area contributed by atoms with Gasteiger partial charge in [-0.2, -0.15) is 0 Å². The smallest absolute Gasteiger partial charge is 0.225 e. The molecule has 0 spiro atoms. The Labute approximate surface area is 164 Å². The maximum Gasteiger partial charge on any atom is 0.225 e. The number of hydrogen-bond acceptors (Lipinski definition) is 2. The fourth-order valence-electron chi connectivity index (χ4n) is 3.35. The number of aryl methyl sites for hydroxylation is 1. The van der Waals surface area contributed by atoms with E-state index in [4.69, 9.17) is 4.99 Å². The molecule has 0 radical (unpaired) electrons. The molecule has 1 saturated heterocycles. The highest BCUT2D eigenvalue weighted by Gasteiger charge is 2.24. The van der Waals surface area contributed by atoms with Gasteiger partial charge < -0.3 is 15.5 Å². The van der Waals surface area contributed by atoms with Gasteiger partial charge in [0.15, 0.2) is 5.96 Å². The first-order chi connectivity index (χ1) is 12.9. The monoisotopic (exact) mass is 372 g/mol. The van der Waals surface area contributed by atoms with Crippen molar-refractivity contribution < 1.29 is 4.79 Å². The van der Waals surface area contributed by atoms with Crippen molar-refractivity contribution in [2.24, 2.45) is 10.9 Å². The molecule has 5 nitrogen and oxygen atoms in total. The van der Waals surface area contributed by atoms with E-state index in [9.17, 15) is 4.79 Å². The van der Waals surface area contributed by atoms with Crippen LogP contribution in [0.25, 0.3) is 0 Å². The average molecular weight is 373 g/mol. The van der Waals surface area contributed by atoms with E-state index in [2.05, 4.69) is 55.7 Å². The van der Waals surface area contributed by atoms with Crippen molar-refractivity contribution >= 4 is 11.9 Å². The van der Waals surface area contributed by atoms with Crippen molar-refractivity contribution in [2.75, 3.05) is 26.2 Å². The summed E-state index contributed by atoms with van der Waals surface area (Å²) in [5.74, 6) is 1.61. The summed E-state index contributed by atoms with van der Waals surface area (Å²) in [4.78, 5) is 18.9. The van der Waals surface area contributed by atoms with Gasteiger partial charge in [-0.15, -0.1) is 0 Å². The summed E-state index contributed by atoms with van der Waals surface area (Å²) >= 11 is 0. The fraction of sp³-hybridized carbons (Fsp3) is 0.636. The lowest BCUT2D eigenvalue weighted by Gasteiger charge is -2.34. The average Bonchev–Trinajstić information content (AvgIpc) is 2.66. The largest absolute Gasteiger partial charge is 0.357 e. The van der Waals surface area contributed by atoms with Gasteiger partial charge in [-0.3, -0.25) is 9.79 Å². The third-order valence-electron chi connectivity index (χ3n) is 5.16. The third-order valence-corrected chi connectivity index (χ3v) is 5.16. The Morgan fingerprint density at radius 3 is 2.37 bits per heavy atom. The first-order valence-electron chi connectivity index (χ1n) is 10.3. The molecular formula is C22H36N4O. The minimum Gasteiger partial charge on any atom is -0.357 e. The van der Waals surface area contributed by atoms with Gasteiger partial charge in [-0.1, -0.05) is 50.6 Å². The van der Waals surface area contributed by atoms with Crippen molar-refractivity contribution in [3.8, 4) is 0 Å². The second-order valence-corrected chi connectivity index (χ2v) is 7.93. The molecule has 0 bridgehead atoms. The van der Waals surface area contributed by atoms with E-state index in [1.54, 1.807) is 0 Å². The van der Waals surface area contributed by atoms with Crippen LogP contribution < -0.4 is 10.6 Å². The second-order valence-electron chi connectivity index (χ2n) is 7.93. The molecule has 1 fully saturated rings. The Balaban J connectivity index is 1.88. The molecule has 27 heavy (non-hydrogen) atoms. The quantitative estimate of drug-likeness (QED) is 0.595. The number of carbonyl (C=O) groups excluding carboxylic acids is 1. The third kappa shape index (κ3) is 6.56. The highest BCUT2D eigenvalue weighted by atomic mass is 16.2. The first-order valence-corrected chi connectivity index (χ1v) is 10.3. The van der Waals surface area contributed by atoms with Gasteiger partial charge in [0.25, 0.3) is 0 Å². The number of carbonyl (C=O) groups is 1. The van der Waals surface area contributed by atoms with E-state index in [-0.39, 0.29) is 11.8 Å². The molecule has 1 atom stereocenters. The van der Waals surface area contributed by atoms with Gasteiger partial charge in [-0.05, 0) is 32.3 Å². The summed E-state index contributed by atoms with van der Waals surface area (Å²) in [6.07, 6.45) is 1.94. The first kappa shape index (κ1) is 21.3. The van der Waals surface area contributed by atoms with Crippen molar-refractivity contribution in [1.29, 1.82) is 0 Å². The van der Waals surface area contributed by atoms with E-state index in [0.29, 0.717) is 12.0 Å². The summed E-state index contributed by atoms with van der Waals surface area (Å²) in [6, 6.07) is 9.07. The molecule has 1 amide bonds. The normalized spacial score (nSPS) is 17.1. The molecule has 0 saturated carbocycles. The van der Waals surface area contributed by atoms with Crippen LogP contribution >= 0.6 is 0 Å². The Morgan fingerprint density at radius 2 is 1.81 bits per heavy atom. The predicted molar refractivity (Wildman–Crippen MR) is 113 cm³/mol. The second kappa shape index (κ2) is 10.3. The minimum atomic E-state index is 0.0802. The number of benzene rings is 1. The molecule has 2 N–H and O–H groups in total. The molecule has 0 aromatic heterocycles. The van der Waals surface area contributed by atoms with E-state index in [1.807, 2.05) is 18.7 Å². The lowest BCUT2D eigenvalue weighted by Crippen LogP contribution is -2.50. The number of aliphatic imine (C=N–C) groups is 1. The number of rotatable bonds is 6. The van der Waals surface area contributed by atoms with Gasteiger partial charge in [0.1, 0.15) is 0 Å². The number of likely N-dealkylation sites (tertiary alicyclic amines) is 1. The zero-order valence-electron chi connectivity index (χ0n) is 17.6. The molecule has 2 rings (SSSR count). The van der Waals surface area contributed by atoms with Crippen LogP contribution in [0.5, 0.6) is 0 Å². The SMILES string of the molecule is CCNC(=NCC(C)c1ccc(C)cc1)NC1CCN(C(=O)C(C)C)CC1. The van der Waals surface area contributed by atoms with Crippen molar-refractivity contribution in [3.05, 3.63) is 35.4 Å². The Bertz CT molecular complexity index is 616. The standard InChI is InChI=1S/C22H36N4O/c1-6-23-22(24-15-18(5)19-9-7-17(4)8-10-19)25-20-11-13-26(14-12-20)21(27)16(2)3/h7-10,16,18,20H,6,11-15H2,1-5H3,(H2,23,24,25). The molecule has 1 unspecified atom stereocenters. The van der Waals surface area contributed by atoms with Crippen LogP contribution in [0, 0.1) is 12.8 Å². The van der Waals surface area contributed by atoms with E-state index in [1.165, 1.54) is 11.1 Å². The minimum absolute atomic E-state index is 0.0802. The molecule has 1 aromatic carbocycles. The Morgan fingerprint density at radius 1 is 1.19 bits per heavy atom. The number of amides is 1. The maximum atomic E-state index is 12.1. The number of nitrogens with one attached hydrogen (secondary N) is 2. The highest BCUT2D eigenvalue weighted by molar-refractivity contribution is 5.80. The van der Waals surface area contributed by atoms with Crippen LogP contribution in [0.3, 0.4) is 0 Å². The molecule has 1 aliphatic rings. The van der Waals surface area contributed by atoms with E-state index >= 15 is 0 Å². The van der Waals surface area contributed by atoms with Crippen molar-refractivity contribution in [1.82, 2.24) is 15.5 Å². The number of guanidine groups is 1. The molecular weight excluding hydrogens is 336 g/mol. The van der Waals surface area contributed by atoms with Gasteiger partial charge in [-0.25, -0.2) is 0 Å². The Kier molecular flexibility index (Phi) is 8.14. The molecule has 150 valence electrons. The molecule has 1 aromatic rings. The van der Waals surface area contributed by atoms with Gasteiger partial charge in [0.2, 0.25) is 5.91 Å². The van der Waals surface area contributed by atoms with Crippen LogP contribution in [0.4, 0.5) is 0 Å². The molecule has 0 aliphatic carbocycles. The lowest BCUT2D eigenvalue weighted by atomic mass is 10.0. The highest BCUT2D eigenvalue weighted by Crippen LogP contribution is 2.16. The molecule has 1 heterocycles. The maximum absolute atomic E-state index is 12.1. The summed E-state index contributed by atoms with van der Waals surface area (Å²) in [6.45, 7) is 13.6. The predicted octanol–water partition coefficient (Wildman–Crippen LogP) is 3.30. The van der Waals surface area contributed by atoms with E-state index in [0.717, 1.165) is 45.0 Å². The molecule has 1 aliphatic heterocycles. The van der Waals surface area contributed by atoms with Crippen molar-refractivity contribution in [3.63, 3.8) is 0 Å². The van der Waals surface area contributed by atoms with Crippen LogP contribution in [0.2, 0.25) is 0 Å². The van der Waals surface area contributed by atoms with Gasteiger partial charge in [0, 0.05) is 44.1 Å². The topological polar surface area (TPSA) is 56.7 Å². The lowest BCUT2D eigenvalue weighted by molar-refractivity contribution is -0.135. The number of hydrogen-bond donors (Lipinski definition) is 2. The van der Waals surface area contributed by atoms with Crippen LogP contribution in [0.1, 0.15) is 57.6 Å². The van der Waals surface area contributed by atoms with Crippen LogP contribution in [-0.2, 0) is 4.79 Å². The van der Waals surface area contributed by atoms with Crippen LogP contribution in [0.15, 0.2) is 29.3 Å². The van der Waals surface area contributed by atoms with Gasteiger partial charge in [0.05, 0.1) is 0 Å². The number of nitrogens with zero attached hydrogens (tertiary/aromatic N) is 2. The van der Waals surface area contributed by atoms with Crippen molar-refractivity contribution in [2.45, 2.75) is 59.4 Å². The van der Waals surface area contributed by atoms with E-state index < -0.39 is 0 Å². The Hall–Kier alpha value is -2.04. The number of piperidine rings is 1. The zero-order valence-corrected chi connectivity index (χ0v) is 17.6. The molecule has 5 heteroatoms. The van der Waals surface area contributed by atoms with Crippen LogP contribution in [-0.4, -0.2) is 49.0 Å². The van der Waals surface area contributed by atoms with Gasteiger partial charge >= 0.3 is 0 Å². The zero-order chi connectivity index (χ0) is 19.8. The summed E-state index contributed by atoms with van der Waals surface area (Å²) in [5.41, 5.74) is 2.60. The summed E-state index contributed by atoms with van der Waals surface area (Å²) in [7, 11) is 0. The fourth-order valence-corrected chi connectivity index (χ4v) is 3.35.